The molecule has 0 aliphatic carbocycles. The van der Waals surface area contributed by atoms with E-state index in [-0.39, 0.29) is 11.8 Å². The number of rotatable bonds is 3. The molecule has 98 valence electrons. The van der Waals surface area contributed by atoms with Crippen molar-refractivity contribution in [3.05, 3.63) is 29.9 Å². The van der Waals surface area contributed by atoms with E-state index in [1.54, 1.807) is 17.3 Å². The third-order valence-electron chi connectivity index (χ3n) is 3.24. The quantitative estimate of drug-likeness (QED) is 0.921. The number of carbonyl (C=O) groups is 1. The molecule has 1 aliphatic heterocycles. The Kier molecular flexibility index (Phi) is 3.27. The molecule has 0 bridgehead atoms. The molecule has 0 aromatic carbocycles. The molecule has 1 aliphatic rings. The monoisotopic (exact) mass is 274 g/mol. The first kappa shape index (κ1) is 12.3. The fraction of sp³-hybridized carbons (Fsp3) is 0.308. The van der Waals surface area contributed by atoms with Crippen LogP contribution < -0.4 is 10.6 Å². The van der Waals surface area contributed by atoms with Crippen LogP contribution in [-0.4, -0.2) is 29.0 Å². The molecule has 3 rings (SSSR count). The number of carbonyl (C=O) groups excluding carboxylic acids is 1. The SMILES string of the molecule is NCC1CC(=O)N(c2nc(-c3ccncc3)cs2)C1. The number of aromatic nitrogens is 2. The summed E-state index contributed by atoms with van der Waals surface area (Å²) in [6.07, 6.45) is 4.00. The molecule has 1 unspecified atom stereocenters. The normalized spacial score (nSPS) is 19.1. The molecular weight excluding hydrogens is 260 g/mol. The van der Waals surface area contributed by atoms with Crippen LogP contribution in [-0.2, 0) is 4.79 Å². The van der Waals surface area contributed by atoms with E-state index < -0.39 is 0 Å². The van der Waals surface area contributed by atoms with Gasteiger partial charge in [-0.05, 0) is 24.6 Å². The number of nitrogens with zero attached hydrogens (tertiary/aromatic N) is 3. The molecule has 5 nitrogen and oxygen atoms in total. The Hall–Kier alpha value is -1.79. The third kappa shape index (κ3) is 2.36. The second-order valence-corrected chi connectivity index (χ2v) is 5.40. The van der Waals surface area contributed by atoms with E-state index >= 15 is 0 Å². The molecule has 0 spiro atoms. The summed E-state index contributed by atoms with van der Waals surface area (Å²) in [6, 6.07) is 3.82. The van der Waals surface area contributed by atoms with Crippen LogP contribution >= 0.6 is 11.3 Å². The lowest BCUT2D eigenvalue weighted by atomic mass is 10.1. The predicted molar refractivity (Wildman–Crippen MR) is 74.9 cm³/mol. The number of anilines is 1. The van der Waals surface area contributed by atoms with E-state index in [1.807, 2.05) is 17.5 Å². The Morgan fingerprint density at radius 2 is 2.21 bits per heavy atom. The van der Waals surface area contributed by atoms with Gasteiger partial charge < -0.3 is 5.73 Å². The van der Waals surface area contributed by atoms with Crippen molar-refractivity contribution >= 4 is 22.4 Å². The second-order valence-electron chi connectivity index (χ2n) is 4.56. The first-order chi connectivity index (χ1) is 9.28. The van der Waals surface area contributed by atoms with E-state index in [0.717, 1.165) is 16.4 Å². The van der Waals surface area contributed by atoms with Gasteiger partial charge in [-0.2, -0.15) is 0 Å². The van der Waals surface area contributed by atoms with Gasteiger partial charge in [-0.3, -0.25) is 14.7 Å². The Morgan fingerprint density at radius 3 is 2.89 bits per heavy atom. The lowest BCUT2D eigenvalue weighted by Gasteiger charge is -2.11. The summed E-state index contributed by atoms with van der Waals surface area (Å²) in [7, 11) is 0. The number of hydrogen-bond donors (Lipinski definition) is 1. The topological polar surface area (TPSA) is 72.1 Å². The van der Waals surface area contributed by atoms with E-state index in [9.17, 15) is 4.79 Å². The van der Waals surface area contributed by atoms with Gasteiger partial charge in [0.15, 0.2) is 5.13 Å². The fourth-order valence-electron chi connectivity index (χ4n) is 2.17. The highest BCUT2D eigenvalue weighted by molar-refractivity contribution is 7.14. The lowest BCUT2D eigenvalue weighted by molar-refractivity contribution is -0.117. The highest BCUT2D eigenvalue weighted by Gasteiger charge is 2.31. The maximum absolute atomic E-state index is 11.9. The average Bonchev–Trinajstić information content (AvgIpc) is 3.06. The molecular formula is C13H14N4OS. The van der Waals surface area contributed by atoms with Gasteiger partial charge in [-0.15, -0.1) is 11.3 Å². The zero-order chi connectivity index (χ0) is 13.2. The van der Waals surface area contributed by atoms with Crippen LogP contribution in [0.4, 0.5) is 5.13 Å². The molecule has 1 fully saturated rings. The van der Waals surface area contributed by atoms with Crippen LogP contribution in [0.25, 0.3) is 11.3 Å². The van der Waals surface area contributed by atoms with Crippen LogP contribution in [0.1, 0.15) is 6.42 Å². The maximum atomic E-state index is 11.9. The van der Waals surface area contributed by atoms with Crippen molar-refractivity contribution in [2.45, 2.75) is 6.42 Å². The van der Waals surface area contributed by atoms with Crippen LogP contribution in [0.5, 0.6) is 0 Å². The summed E-state index contributed by atoms with van der Waals surface area (Å²) in [6.45, 7) is 1.23. The minimum absolute atomic E-state index is 0.117. The fourth-order valence-corrected chi connectivity index (χ4v) is 3.03. The van der Waals surface area contributed by atoms with Gasteiger partial charge in [0.25, 0.3) is 0 Å². The molecule has 3 heterocycles. The molecule has 6 heteroatoms. The molecule has 19 heavy (non-hydrogen) atoms. The van der Waals surface area contributed by atoms with Gasteiger partial charge in [0, 0.05) is 36.3 Å². The Labute approximate surface area is 115 Å². The van der Waals surface area contributed by atoms with Gasteiger partial charge >= 0.3 is 0 Å². The van der Waals surface area contributed by atoms with Gasteiger partial charge in [0.05, 0.1) is 5.69 Å². The van der Waals surface area contributed by atoms with E-state index in [2.05, 4.69) is 9.97 Å². The van der Waals surface area contributed by atoms with Crippen molar-refractivity contribution in [1.82, 2.24) is 9.97 Å². The number of thiazole rings is 1. The predicted octanol–water partition coefficient (Wildman–Crippen LogP) is 1.52. The van der Waals surface area contributed by atoms with Crippen molar-refractivity contribution in [3.63, 3.8) is 0 Å². The number of amides is 1. The number of hydrogen-bond acceptors (Lipinski definition) is 5. The van der Waals surface area contributed by atoms with E-state index in [4.69, 9.17) is 5.73 Å². The zero-order valence-electron chi connectivity index (χ0n) is 10.3. The Bertz CT molecular complexity index is 583. The highest BCUT2D eigenvalue weighted by atomic mass is 32.1. The molecule has 1 saturated heterocycles. The molecule has 2 aromatic rings. The smallest absolute Gasteiger partial charge is 0.229 e. The third-order valence-corrected chi connectivity index (χ3v) is 4.10. The molecule has 1 amide bonds. The van der Waals surface area contributed by atoms with E-state index in [0.29, 0.717) is 19.5 Å². The first-order valence-corrected chi connectivity index (χ1v) is 7.02. The van der Waals surface area contributed by atoms with Crippen LogP contribution in [0.2, 0.25) is 0 Å². The molecule has 1 atom stereocenters. The van der Waals surface area contributed by atoms with Gasteiger partial charge in [-0.1, -0.05) is 0 Å². The summed E-state index contributed by atoms with van der Waals surface area (Å²) in [4.78, 5) is 22.2. The van der Waals surface area contributed by atoms with Gasteiger partial charge in [0.1, 0.15) is 0 Å². The summed E-state index contributed by atoms with van der Waals surface area (Å²) < 4.78 is 0. The van der Waals surface area contributed by atoms with Crippen molar-refractivity contribution in [2.24, 2.45) is 11.7 Å². The van der Waals surface area contributed by atoms with Gasteiger partial charge in [-0.25, -0.2) is 4.98 Å². The van der Waals surface area contributed by atoms with Crippen molar-refractivity contribution in [3.8, 4) is 11.3 Å². The maximum Gasteiger partial charge on any atom is 0.229 e. The minimum Gasteiger partial charge on any atom is -0.330 e. The highest BCUT2D eigenvalue weighted by Crippen LogP contribution is 2.30. The standard InChI is InChI=1S/C13H14N4OS/c14-6-9-5-12(18)17(7-9)13-16-11(8-19-13)10-1-3-15-4-2-10/h1-4,8-9H,5-7,14H2. The van der Waals surface area contributed by atoms with Gasteiger partial charge in [0.2, 0.25) is 5.91 Å². The molecule has 0 saturated carbocycles. The van der Waals surface area contributed by atoms with Crippen LogP contribution in [0.15, 0.2) is 29.9 Å². The summed E-state index contributed by atoms with van der Waals surface area (Å²) >= 11 is 1.49. The van der Waals surface area contributed by atoms with E-state index in [1.165, 1.54) is 11.3 Å². The van der Waals surface area contributed by atoms with Crippen LogP contribution in [0, 0.1) is 5.92 Å². The Balaban J connectivity index is 1.84. The number of pyridine rings is 1. The average molecular weight is 274 g/mol. The molecule has 2 N–H and O–H groups in total. The lowest BCUT2D eigenvalue weighted by Crippen LogP contribution is -2.25. The minimum atomic E-state index is 0.117. The summed E-state index contributed by atoms with van der Waals surface area (Å²) in [5.41, 5.74) is 7.52. The number of nitrogens with two attached hydrogens (primary N) is 1. The summed E-state index contributed by atoms with van der Waals surface area (Å²) in [5, 5.41) is 2.72. The molecule has 0 radical (unpaired) electrons. The van der Waals surface area contributed by atoms with Crippen molar-refractivity contribution < 1.29 is 4.79 Å². The van der Waals surface area contributed by atoms with Crippen LogP contribution in [0.3, 0.4) is 0 Å². The first-order valence-electron chi connectivity index (χ1n) is 6.14. The largest absolute Gasteiger partial charge is 0.330 e. The van der Waals surface area contributed by atoms with Crippen molar-refractivity contribution in [1.29, 1.82) is 0 Å². The zero-order valence-corrected chi connectivity index (χ0v) is 11.1. The Morgan fingerprint density at radius 1 is 1.42 bits per heavy atom. The second kappa shape index (κ2) is 5.07. The van der Waals surface area contributed by atoms with Crippen molar-refractivity contribution in [2.75, 3.05) is 18.0 Å². The molecule has 2 aromatic heterocycles. The summed E-state index contributed by atoms with van der Waals surface area (Å²) in [5.74, 6) is 0.367.